The summed E-state index contributed by atoms with van der Waals surface area (Å²) in [5.41, 5.74) is 2.81. The first kappa shape index (κ1) is 14.7. The van der Waals surface area contributed by atoms with E-state index in [-0.39, 0.29) is 0 Å². The highest BCUT2D eigenvalue weighted by molar-refractivity contribution is 5.88. The van der Waals surface area contributed by atoms with Gasteiger partial charge in [0.1, 0.15) is 0 Å². The summed E-state index contributed by atoms with van der Waals surface area (Å²) in [6.07, 6.45) is 7.17. The Labute approximate surface area is 123 Å². The van der Waals surface area contributed by atoms with Gasteiger partial charge in [0.2, 0.25) is 0 Å². The zero-order valence-corrected chi connectivity index (χ0v) is 12.1. The van der Waals surface area contributed by atoms with Crippen molar-refractivity contribution in [3.8, 4) is 12.3 Å². The topological polar surface area (TPSA) is 56.2 Å². The second kappa shape index (κ2) is 6.62. The first-order valence-electron chi connectivity index (χ1n) is 6.64. The van der Waals surface area contributed by atoms with E-state index in [1.165, 1.54) is 0 Å². The molecule has 1 heterocycles. The van der Waals surface area contributed by atoms with Crippen LogP contribution in [-0.2, 0) is 18.3 Å². The van der Waals surface area contributed by atoms with Crippen LogP contribution in [0, 0.1) is 12.3 Å². The summed E-state index contributed by atoms with van der Waals surface area (Å²) in [6.45, 7) is 2.56. The van der Waals surface area contributed by atoms with Gasteiger partial charge >= 0.3 is 5.97 Å². The predicted molar refractivity (Wildman–Crippen MR) is 80.9 cm³/mol. The number of hydrogen-bond donors (Lipinski definition) is 1. The van der Waals surface area contributed by atoms with Crippen molar-refractivity contribution in [3.05, 3.63) is 47.3 Å². The number of carbonyl (C=O) groups excluding carboxylic acids is 1. The lowest BCUT2D eigenvalue weighted by atomic mass is 10.2. The first-order valence-corrected chi connectivity index (χ1v) is 6.64. The minimum Gasteiger partial charge on any atom is -0.461 e. The number of nitrogens with one attached hydrogen (secondary N) is 1. The van der Waals surface area contributed by atoms with Crippen molar-refractivity contribution in [2.24, 2.45) is 7.05 Å². The number of ether oxygens (including phenoxy) is 1. The van der Waals surface area contributed by atoms with Crippen molar-refractivity contribution in [2.75, 3.05) is 11.9 Å². The van der Waals surface area contributed by atoms with Crippen LogP contribution in [0.3, 0.4) is 0 Å². The standard InChI is InChI=1S/C16H17N3O2/c1-4-12-7-6-8-14(9-12)17-10-13-11-19(3)18-15(13)16(20)21-5-2/h1,6-9,11,17H,5,10H2,2-3H3. The maximum atomic E-state index is 11.8. The van der Waals surface area contributed by atoms with E-state index in [0.717, 1.165) is 16.8 Å². The quantitative estimate of drug-likeness (QED) is 0.675. The molecule has 0 aliphatic carbocycles. The van der Waals surface area contributed by atoms with Gasteiger partial charge in [0.15, 0.2) is 5.69 Å². The number of anilines is 1. The molecule has 0 bridgehead atoms. The van der Waals surface area contributed by atoms with E-state index >= 15 is 0 Å². The molecule has 0 amide bonds. The number of benzene rings is 1. The number of carbonyl (C=O) groups is 1. The van der Waals surface area contributed by atoms with Gasteiger partial charge in [-0.15, -0.1) is 6.42 Å². The van der Waals surface area contributed by atoms with E-state index in [2.05, 4.69) is 16.3 Å². The average Bonchev–Trinajstić information content (AvgIpc) is 2.87. The van der Waals surface area contributed by atoms with Gasteiger partial charge in [-0.05, 0) is 25.1 Å². The average molecular weight is 283 g/mol. The number of nitrogens with zero attached hydrogens (tertiary/aromatic N) is 2. The van der Waals surface area contributed by atoms with E-state index < -0.39 is 5.97 Å². The highest BCUT2D eigenvalue weighted by Crippen LogP contribution is 2.14. The molecular formula is C16H17N3O2. The van der Waals surface area contributed by atoms with Crippen LogP contribution < -0.4 is 5.32 Å². The third-order valence-electron chi connectivity index (χ3n) is 2.89. The molecule has 0 fully saturated rings. The van der Waals surface area contributed by atoms with Crippen LogP contribution in [0.1, 0.15) is 28.5 Å². The molecule has 0 radical (unpaired) electrons. The molecule has 0 spiro atoms. The SMILES string of the molecule is C#Cc1cccc(NCc2cn(C)nc2C(=O)OCC)c1. The lowest BCUT2D eigenvalue weighted by Gasteiger charge is -2.06. The highest BCUT2D eigenvalue weighted by Gasteiger charge is 2.16. The fraction of sp³-hybridized carbons (Fsp3) is 0.250. The summed E-state index contributed by atoms with van der Waals surface area (Å²) in [5, 5.41) is 7.37. The van der Waals surface area contributed by atoms with Gasteiger partial charge < -0.3 is 10.1 Å². The molecule has 5 nitrogen and oxygen atoms in total. The lowest BCUT2D eigenvalue weighted by molar-refractivity contribution is 0.0517. The first-order chi connectivity index (χ1) is 10.1. The van der Waals surface area contributed by atoms with E-state index in [9.17, 15) is 4.79 Å². The summed E-state index contributed by atoms with van der Waals surface area (Å²) in [4.78, 5) is 11.8. The van der Waals surface area contributed by atoms with Crippen LogP contribution in [0.2, 0.25) is 0 Å². The minimum absolute atomic E-state index is 0.326. The van der Waals surface area contributed by atoms with Gasteiger partial charge in [0.05, 0.1) is 6.61 Å². The van der Waals surface area contributed by atoms with Crippen molar-refractivity contribution in [3.63, 3.8) is 0 Å². The molecular weight excluding hydrogens is 266 g/mol. The predicted octanol–water partition coefficient (Wildman–Crippen LogP) is 2.19. The minimum atomic E-state index is -0.410. The molecule has 2 rings (SSSR count). The van der Waals surface area contributed by atoms with E-state index in [1.54, 1.807) is 24.9 Å². The van der Waals surface area contributed by atoms with E-state index in [0.29, 0.717) is 18.8 Å². The number of aryl methyl sites for hydroxylation is 1. The Bertz CT molecular complexity index is 683. The molecule has 0 saturated carbocycles. The molecule has 0 saturated heterocycles. The third-order valence-corrected chi connectivity index (χ3v) is 2.89. The van der Waals surface area contributed by atoms with E-state index in [1.807, 2.05) is 24.3 Å². The Morgan fingerprint density at radius 2 is 2.33 bits per heavy atom. The second-order valence-electron chi connectivity index (χ2n) is 4.48. The molecule has 21 heavy (non-hydrogen) atoms. The Morgan fingerprint density at radius 3 is 3.05 bits per heavy atom. The number of hydrogen-bond acceptors (Lipinski definition) is 4. The van der Waals surface area contributed by atoms with Crippen LogP contribution >= 0.6 is 0 Å². The van der Waals surface area contributed by atoms with E-state index in [4.69, 9.17) is 11.2 Å². The Kier molecular flexibility index (Phi) is 4.62. The summed E-state index contributed by atoms with van der Waals surface area (Å²) >= 11 is 0. The summed E-state index contributed by atoms with van der Waals surface area (Å²) in [7, 11) is 1.77. The van der Waals surface area contributed by atoms with Crippen LogP contribution in [0.15, 0.2) is 30.5 Å². The van der Waals surface area contributed by atoms with Gasteiger partial charge in [0, 0.05) is 36.6 Å². The molecule has 108 valence electrons. The van der Waals surface area contributed by atoms with Crippen LogP contribution in [0.25, 0.3) is 0 Å². The van der Waals surface area contributed by atoms with Crippen molar-refractivity contribution < 1.29 is 9.53 Å². The molecule has 0 atom stereocenters. The summed E-state index contributed by atoms with van der Waals surface area (Å²) in [5.74, 6) is 2.18. The lowest BCUT2D eigenvalue weighted by Crippen LogP contribution is -2.10. The van der Waals surface area contributed by atoms with Crippen LogP contribution in [0.4, 0.5) is 5.69 Å². The van der Waals surface area contributed by atoms with Crippen molar-refractivity contribution >= 4 is 11.7 Å². The third kappa shape index (κ3) is 3.63. The van der Waals surface area contributed by atoms with Crippen molar-refractivity contribution in [1.82, 2.24) is 9.78 Å². The van der Waals surface area contributed by atoms with Crippen molar-refractivity contribution in [2.45, 2.75) is 13.5 Å². The fourth-order valence-electron chi connectivity index (χ4n) is 1.95. The molecule has 2 aromatic rings. The molecule has 1 aromatic carbocycles. The molecule has 0 aliphatic heterocycles. The fourth-order valence-corrected chi connectivity index (χ4v) is 1.95. The Morgan fingerprint density at radius 1 is 1.52 bits per heavy atom. The zero-order chi connectivity index (χ0) is 15.2. The van der Waals surface area contributed by atoms with Crippen LogP contribution in [-0.4, -0.2) is 22.4 Å². The van der Waals surface area contributed by atoms with Gasteiger partial charge in [0.25, 0.3) is 0 Å². The molecule has 1 N–H and O–H groups in total. The number of rotatable bonds is 5. The highest BCUT2D eigenvalue weighted by atomic mass is 16.5. The molecule has 0 unspecified atom stereocenters. The maximum absolute atomic E-state index is 11.8. The zero-order valence-electron chi connectivity index (χ0n) is 12.1. The molecule has 1 aromatic heterocycles. The molecule has 0 aliphatic rings. The van der Waals surface area contributed by atoms with Gasteiger partial charge in [-0.25, -0.2) is 4.79 Å². The normalized spacial score (nSPS) is 9.95. The Hall–Kier alpha value is -2.74. The number of aromatic nitrogens is 2. The van der Waals surface area contributed by atoms with Crippen molar-refractivity contribution in [1.29, 1.82) is 0 Å². The van der Waals surface area contributed by atoms with Gasteiger partial charge in [-0.1, -0.05) is 12.0 Å². The van der Waals surface area contributed by atoms with Crippen LogP contribution in [0.5, 0.6) is 0 Å². The Balaban J connectivity index is 2.13. The summed E-state index contributed by atoms with van der Waals surface area (Å²) in [6, 6.07) is 7.54. The largest absolute Gasteiger partial charge is 0.461 e. The van der Waals surface area contributed by atoms with Gasteiger partial charge in [-0.2, -0.15) is 5.10 Å². The smallest absolute Gasteiger partial charge is 0.359 e. The number of terminal acetylenes is 1. The van der Waals surface area contributed by atoms with Gasteiger partial charge in [-0.3, -0.25) is 4.68 Å². The second-order valence-corrected chi connectivity index (χ2v) is 4.48. The summed E-state index contributed by atoms with van der Waals surface area (Å²) < 4.78 is 6.60. The monoisotopic (exact) mass is 283 g/mol. The maximum Gasteiger partial charge on any atom is 0.359 e. The number of esters is 1. The molecule has 5 heteroatoms.